The summed E-state index contributed by atoms with van der Waals surface area (Å²) in [5.74, 6) is 0.142. The van der Waals surface area contributed by atoms with Gasteiger partial charge in [-0.05, 0) is 12.8 Å². The highest BCUT2D eigenvalue weighted by atomic mass is 32.2. The molecule has 3 heterocycles. The molecule has 0 aromatic carbocycles. The quantitative estimate of drug-likeness (QED) is 0.0832. The molecule has 31 heavy (non-hydrogen) atoms. The van der Waals surface area contributed by atoms with Gasteiger partial charge in [0.05, 0.1) is 18.7 Å². The Morgan fingerprint density at radius 1 is 1.16 bits per heavy atom. The molecule has 7 N–H and O–H groups in total. The lowest BCUT2D eigenvalue weighted by Gasteiger charge is -2.39. The van der Waals surface area contributed by atoms with Crippen molar-refractivity contribution < 1.29 is 53.3 Å². The highest BCUT2D eigenvalue weighted by molar-refractivity contribution is 8.00. The third-order valence-corrected chi connectivity index (χ3v) is 7.37. The van der Waals surface area contributed by atoms with Crippen LogP contribution in [-0.2, 0) is 23.4 Å². The first kappa shape index (κ1) is 24.7. The van der Waals surface area contributed by atoms with E-state index in [0.29, 0.717) is 12.8 Å². The van der Waals surface area contributed by atoms with Crippen molar-refractivity contribution in [2.45, 2.75) is 73.7 Å². The third-order valence-electron chi connectivity index (χ3n) is 5.38. The largest absolute Gasteiger partial charge is 0.469 e. The molecule has 0 saturated carbocycles. The summed E-state index contributed by atoms with van der Waals surface area (Å²) in [6.45, 7) is -0.782. The van der Waals surface area contributed by atoms with Crippen LogP contribution < -0.4 is 10.6 Å². The Bertz CT molecular complexity index is 709. The van der Waals surface area contributed by atoms with E-state index < -0.39 is 51.1 Å². The Morgan fingerprint density at radius 2 is 1.90 bits per heavy atom. The van der Waals surface area contributed by atoms with Crippen LogP contribution in [0.4, 0.5) is 4.79 Å². The van der Waals surface area contributed by atoms with Gasteiger partial charge in [-0.15, -0.1) is 0 Å². The second-order valence-electron chi connectivity index (χ2n) is 7.66. The number of unbranched alkanes of at least 4 members (excludes halogenated alkanes) is 1. The van der Waals surface area contributed by atoms with E-state index >= 15 is 0 Å². The van der Waals surface area contributed by atoms with Gasteiger partial charge >= 0.3 is 19.8 Å². The van der Waals surface area contributed by atoms with E-state index in [1.165, 1.54) is 0 Å². The lowest BCUT2D eigenvalue weighted by Crippen LogP contribution is -2.59. The van der Waals surface area contributed by atoms with Gasteiger partial charge in [-0.2, -0.15) is 11.8 Å². The van der Waals surface area contributed by atoms with Crippen LogP contribution >= 0.6 is 19.6 Å². The first-order valence-corrected chi connectivity index (χ1v) is 12.4. The summed E-state index contributed by atoms with van der Waals surface area (Å²) in [5.41, 5.74) is 0. The average molecular weight is 486 g/mol. The number of phosphoric acid groups is 1. The number of hydrogen-bond acceptors (Lipinski definition) is 10. The number of hydrogen-bond donors (Lipinski definition) is 7. The van der Waals surface area contributed by atoms with E-state index in [2.05, 4.69) is 15.2 Å². The van der Waals surface area contributed by atoms with Gasteiger partial charge in [-0.1, -0.05) is 6.42 Å². The molecule has 1 unspecified atom stereocenters. The van der Waals surface area contributed by atoms with Gasteiger partial charge in [0.25, 0.3) is 0 Å². The maximum absolute atomic E-state index is 12.1. The van der Waals surface area contributed by atoms with Crippen molar-refractivity contribution in [2.75, 3.05) is 12.4 Å². The second-order valence-corrected chi connectivity index (χ2v) is 10.2. The van der Waals surface area contributed by atoms with Crippen LogP contribution in [0.5, 0.6) is 0 Å². The Kier molecular flexibility index (Phi) is 8.21. The van der Waals surface area contributed by atoms with Crippen molar-refractivity contribution >= 4 is 31.6 Å². The maximum Gasteiger partial charge on any atom is 0.469 e. The molecular formula is C16H27N2O11PS. The monoisotopic (exact) mass is 486 g/mol. The van der Waals surface area contributed by atoms with E-state index in [9.17, 15) is 29.5 Å². The SMILES string of the molecule is O=C1N[C@H]2CSC(CCCCC(=O)O[C@H]3O[C@H](COP(=O)(O)O)[C@@H](O)[C@H](O)[C@@H]3O)[C@H]2N1. The summed E-state index contributed by atoms with van der Waals surface area (Å²) in [4.78, 5) is 41.0. The number of thioether (sulfide) groups is 1. The molecule has 3 aliphatic rings. The van der Waals surface area contributed by atoms with Crippen LogP contribution in [0.3, 0.4) is 0 Å². The molecule has 3 aliphatic heterocycles. The molecule has 13 nitrogen and oxygen atoms in total. The van der Waals surface area contributed by atoms with Gasteiger partial charge in [-0.3, -0.25) is 9.32 Å². The number of phosphoric ester groups is 1. The summed E-state index contributed by atoms with van der Waals surface area (Å²) in [6, 6.07) is 0.0452. The summed E-state index contributed by atoms with van der Waals surface area (Å²) in [7, 11) is -4.85. The number of carbonyl (C=O) groups excluding carboxylic acids is 2. The molecule has 15 heteroatoms. The van der Waals surface area contributed by atoms with Crippen LogP contribution in [0, 0.1) is 0 Å². The number of amides is 2. The van der Waals surface area contributed by atoms with Gasteiger partial charge in [0.15, 0.2) is 0 Å². The van der Waals surface area contributed by atoms with Crippen LogP contribution in [0.1, 0.15) is 25.7 Å². The highest BCUT2D eigenvalue weighted by Gasteiger charge is 2.46. The van der Waals surface area contributed by atoms with Gasteiger partial charge in [0.1, 0.15) is 24.4 Å². The first-order valence-electron chi connectivity index (χ1n) is 9.83. The summed E-state index contributed by atoms with van der Waals surface area (Å²) in [6.07, 6.45) is -6.23. The number of urea groups is 1. The summed E-state index contributed by atoms with van der Waals surface area (Å²) >= 11 is 1.77. The average Bonchev–Trinajstić information content (AvgIpc) is 3.23. The van der Waals surface area contributed by atoms with E-state index in [-0.39, 0.29) is 29.8 Å². The molecule has 3 saturated heterocycles. The van der Waals surface area contributed by atoms with Crippen LogP contribution in [0.25, 0.3) is 0 Å². The van der Waals surface area contributed by atoms with E-state index in [1.54, 1.807) is 11.8 Å². The molecule has 3 fully saturated rings. The van der Waals surface area contributed by atoms with Gasteiger partial charge in [-0.25, -0.2) is 9.36 Å². The number of rotatable bonds is 9. The summed E-state index contributed by atoms with van der Waals surface area (Å²) in [5, 5.41) is 35.8. The highest BCUT2D eigenvalue weighted by Crippen LogP contribution is 2.37. The zero-order chi connectivity index (χ0) is 22.8. The molecule has 178 valence electrons. The lowest BCUT2D eigenvalue weighted by atomic mass is 9.99. The molecule has 3 rings (SSSR count). The van der Waals surface area contributed by atoms with Crippen molar-refractivity contribution in [1.29, 1.82) is 0 Å². The minimum atomic E-state index is -4.85. The number of esters is 1. The third kappa shape index (κ3) is 6.53. The Labute approximate surface area is 182 Å². The van der Waals surface area contributed by atoms with Crippen molar-refractivity contribution in [3.8, 4) is 0 Å². The predicted octanol–water partition coefficient (Wildman–Crippen LogP) is -1.83. The zero-order valence-corrected chi connectivity index (χ0v) is 18.1. The zero-order valence-electron chi connectivity index (χ0n) is 16.4. The van der Waals surface area contributed by atoms with Gasteiger partial charge < -0.3 is 45.2 Å². The van der Waals surface area contributed by atoms with Gasteiger partial charge in [0.2, 0.25) is 6.29 Å². The first-order chi connectivity index (χ1) is 14.5. The maximum atomic E-state index is 12.1. The Balaban J connectivity index is 1.40. The minimum Gasteiger partial charge on any atom is -0.433 e. The lowest BCUT2D eigenvalue weighted by molar-refractivity contribution is -0.292. The topological polar surface area (TPSA) is 204 Å². The normalized spacial score (nSPS) is 37.8. The molecule has 0 aromatic heterocycles. The molecule has 2 amide bonds. The fourth-order valence-corrected chi connectivity index (χ4v) is 5.65. The van der Waals surface area contributed by atoms with Crippen LogP contribution in [0.2, 0.25) is 0 Å². The molecule has 0 aliphatic carbocycles. The molecule has 8 atom stereocenters. The number of nitrogens with one attached hydrogen (secondary N) is 2. The van der Waals surface area contributed by atoms with Crippen molar-refractivity contribution in [2.24, 2.45) is 0 Å². The Morgan fingerprint density at radius 3 is 2.61 bits per heavy atom. The van der Waals surface area contributed by atoms with Crippen LogP contribution in [-0.4, -0.2) is 97.5 Å². The molecule has 0 spiro atoms. The van der Waals surface area contributed by atoms with E-state index in [4.69, 9.17) is 19.3 Å². The number of ether oxygens (including phenoxy) is 2. The predicted molar refractivity (Wildman–Crippen MR) is 105 cm³/mol. The molecule has 0 radical (unpaired) electrons. The van der Waals surface area contributed by atoms with E-state index in [0.717, 1.165) is 12.2 Å². The van der Waals surface area contributed by atoms with Crippen molar-refractivity contribution in [3.63, 3.8) is 0 Å². The number of aliphatic hydroxyl groups excluding tert-OH is 3. The number of fused-ring (bicyclic) bond motifs is 1. The van der Waals surface area contributed by atoms with Crippen molar-refractivity contribution in [3.05, 3.63) is 0 Å². The van der Waals surface area contributed by atoms with E-state index in [1.807, 2.05) is 0 Å². The van der Waals surface area contributed by atoms with Crippen molar-refractivity contribution in [1.82, 2.24) is 10.6 Å². The smallest absolute Gasteiger partial charge is 0.433 e. The minimum absolute atomic E-state index is 0.0188. The molecular weight excluding hydrogens is 459 g/mol. The van der Waals surface area contributed by atoms with Gasteiger partial charge in [0, 0.05) is 17.4 Å². The fourth-order valence-electron chi connectivity index (χ4n) is 3.77. The number of aliphatic hydroxyl groups is 3. The number of carbonyl (C=O) groups is 2. The molecule has 0 aromatic rings. The molecule has 0 bridgehead atoms. The van der Waals surface area contributed by atoms with Crippen LogP contribution in [0.15, 0.2) is 0 Å². The second kappa shape index (κ2) is 10.3. The standard InChI is InChI=1S/C16H27N2O11PS/c19-10(4-2-1-3-9-11-7(6-31-9)17-16(23)18-11)29-15-14(22)13(21)12(20)8(28-15)5-27-30(24,25)26/h7-9,11-15,20-22H,1-6H2,(H2,17,18,23)(H2,24,25,26)/t7-,8+,9?,11-,12+,13-,14-,15+/m0/s1. The fraction of sp³-hybridized carbons (Fsp3) is 0.875. The Hall–Kier alpha value is -0.960. The summed E-state index contributed by atoms with van der Waals surface area (Å²) < 4.78 is 25.3.